The van der Waals surface area contributed by atoms with E-state index in [0.717, 1.165) is 17.9 Å². The average molecular weight is 222 g/mol. The second-order valence-corrected chi connectivity index (χ2v) is 6.51. The van der Waals surface area contributed by atoms with E-state index in [4.69, 9.17) is 5.73 Å². The zero-order valence-corrected chi connectivity index (χ0v) is 10.6. The first-order chi connectivity index (χ1) is 7.71. The fourth-order valence-electron chi connectivity index (χ4n) is 3.85. The zero-order chi connectivity index (χ0) is 11.2. The van der Waals surface area contributed by atoms with Crippen LogP contribution in [-0.4, -0.2) is 29.6 Å². The Hall–Kier alpha value is -0.0800. The molecule has 0 spiro atoms. The van der Waals surface area contributed by atoms with Crippen molar-refractivity contribution >= 4 is 0 Å². The molecule has 2 saturated carbocycles. The molecule has 1 aliphatic heterocycles. The van der Waals surface area contributed by atoms with Crippen LogP contribution in [-0.2, 0) is 0 Å². The Morgan fingerprint density at radius 2 is 1.94 bits per heavy atom. The van der Waals surface area contributed by atoms with Crippen LogP contribution in [0.3, 0.4) is 0 Å². The number of nitrogens with two attached hydrogens (primary N) is 1. The molecule has 1 saturated heterocycles. The van der Waals surface area contributed by atoms with Crippen LogP contribution >= 0.6 is 0 Å². The fraction of sp³-hybridized carbons (Fsp3) is 1.00. The van der Waals surface area contributed by atoms with Gasteiger partial charge in [-0.3, -0.25) is 4.90 Å². The molecular formula is C14H26N2. The van der Waals surface area contributed by atoms with Crippen molar-refractivity contribution in [3.63, 3.8) is 0 Å². The van der Waals surface area contributed by atoms with Gasteiger partial charge in [-0.2, -0.15) is 0 Å². The molecule has 0 radical (unpaired) electrons. The standard InChI is InChI=1S/C14H26N2/c1-2-11-4-3-5-13(8-11)16-9-14(15,10-16)12-6-7-12/h11-13H,2-10,15H2,1H3. The largest absolute Gasteiger partial charge is 0.323 e. The second kappa shape index (κ2) is 3.99. The predicted molar refractivity (Wildman–Crippen MR) is 67.3 cm³/mol. The van der Waals surface area contributed by atoms with Gasteiger partial charge in [0.15, 0.2) is 0 Å². The van der Waals surface area contributed by atoms with E-state index < -0.39 is 0 Å². The first-order valence-electron chi connectivity index (χ1n) is 7.24. The van der Waals surface area contributed by atoms with Crippen LogP contribution in [0.5, 0.6) is 0 Å². The minimum Gasteiger partial charge on any atom is -0.323 e. The van der Waals surface area contributed by atoms with Crippen LogP contribution in [0.1, 0.15) is 51.9 Å². The molecule has 2 aliphatic carbocycles. The van der Waals surface area contributed by atoms with E-state index in [1.54, 1.807) is 0 Å². The Labute approximate surface area is 99.6 Å². The molecule has 0 bridgehead atoms. The summed E-state index contributed by atoms with van der Waals surface area (Å²) in [5.74, 6) is 1.86. The van der Waals surface area contributed by atoms with E-state index in [1.165, 1.54) is 58.0 Å². The second-order valence-electron chi connectivity index (χ2n) is 6.51. The van der Waals surface area contributed by atoms with Crippen molar-refractivity contribution in [2.24, 2.45) is 17.6 Å². The summed E-state index contributed by atoms with van der Waals surface area (Å²) in [5, 5.41) is 0. The van der Waals surface area contributed by atoms with Crippen LogP contribution < -0.4 is 5.73 Å². The first kappa shape index (κ1) is 11.0. The number of rotatable bonds is 3. The van der Waals surface area contributed by atoms with Crippen molar-refractivity contribution in [1.29, 1.82) is 0 Å². The van der Waals surface area contributed by atoms with Gasteiger partial charge in [0.05, 0.1) is 0 Å². The highest BCUT2D eigenvalue weighted by molar-refractivity contribution is 5.10. The SMILES string of the molecule is CCC1CCCC(N2CC(N)(C3CC3)C2)C1. The van der Waals surface area contributed by atoms with Gasteiger partial charge in [0, 0.05) is 24.7 Å². The van der Waals surface area contributed by atoms with Crippen LogP contribution in [0.15, 0.2) is 0 Å². The van der Waals surface area contributed by atoms with Gasteiger partial charge in [0.1, 0.15) is 0 Å². The lowest BCUT2D eigenvalue weighted by atomic mass is 9.78. The van der Waals surface area contributed by atoms with Gasteiger partial charge in [-0.15, -0.1) is 0 Å². The molecule has 0 aromatic heterocycles. The van der Waals surface area contributed by atoms with E-state index in [9.17, 15) is 0 Å². The number of hydrogen-bond donors (Lipinski definition) is 1. The van der Waals surface area contributed by atoms with Crippen LogP contribution in [0, 0.1) is 11.8 Å². The minimum atomic E-state index is 0.221. The normalized spacial score (nSPS) is 39.4. The Balaban J connectivity index is 1.51. The highest BCUT2D eigenvalue weighted by Gasteiger charge is 2.51. The Morgan fingerprint density at radius 1 is 1.19 bits per heavy atom. The van der Waals surface area contributed by atoms with Gasteiger partial charge in [0.25, 0.3) is 0 Å². The van der Waals surface area contributed by atoms with Gasteiger partial charge in [0.2, 0.25) is 0 Å². The third kappa shape index (κ3) is 1.91. The maximum Gasteiger partial charge on any atom is 0.0441 e. The highest BCUT2D eigenvalue weighted by atomic mass is 15.3. The molecule has 2 atom stereocenters. The molecule has 3 fully saturated rings. The monoisotopic (exact) mass is 222 g/mol. The smallest absolute Gasteiger partial charge is 0.0441 e. The third-order valence-electron chi connectivity index (χ3n) is 5.23. The average Bonchev–Trinajstić information content (AvgIpc) is 3.09. The summed E-state index contributed by atoms with van der Waals surface area (Å²) in [6.45, 7) is 4.73. The highest BCUT2D eigenvalue weighted by Crippen LogP contribution is 2.45. The molecule has 1 heterocycles. The molecule has 2 unspecified atom stereocenters. The van der Waals surface area contributed by atoms with Crippen molar-refractivity contribution in [1.82, 2.24) is 4.90 Å². The van der Waals surface area contributed by atoms with Gasteiger partial charge in [-0.25, -0.2) is 0 Å². The van der Waals surface area contributed by atoms with Gasteiger partial charge >= 0.3 is 0 Å². The first-order valence-corrected chi connectivity index (χ1v) is 7.24. The Morgan fingerprint density at radius 3 is 2.56 bits per heavy atom. The topological polar surface area (TPSA) is 29.3 Å². The molecule has 16 heavy (non-hydrogen) atoms. The van der Waals surface area contributed by atoms with Crippen LogP contribution in [0.25, 0.3) is 0 Å². The lowest BCUT2D eigenvalue weighted by Gasteiger charge is -2.53. The number of nitrogens with zero attached hydrogens (tertiary/aromatic N) is 1. The van der Waals surface area contributed by atoms with E-state index in [0.29, 0.717) is 0 Å². The van der Waals surface area contributed by atoms with Crippen molar-refractivity contribution in [2.45, 2.75) is 63.5 Å². The molecule has 3 aliphatic rings. The maximum absolute atomic E-state index is 6.43. The van der Waals surface area contributed by atoms with Crippen molar-refractivity contribution < 1.29 is 0 Å². The molecule has 0 aromatic rings. The molecular weight excluding hydrogens is 196 g/mol. The molecule has 2 nitrogen and oxygen atoms in total. The van der Waals surface area contributed by atoms with Crippen molar-refractivity contribution in [2.75, 3.05) is 13.1 Å². The molecule has 2 heteroatoms. The van der Waals surface area contributed by atoms with Gasteiger partial charge in [-0.1, -0.05) is 26.2 Å². The van der Waals surface area contributed by atoms with E-state index >= 15 is 0 Å². The van der Waals surface area contributed by atoms with Gasteiger partial charge < -0.3 is 5.73 Å². The lowest BCUT2D eigenvalue weighted by molar-refractivity contribution is -0.00560. The summed E-state index contributed by atoms with van der Waals surface area (Å²) in [4.78, 5) is 2.68. The molecule has 92 valence electrons. The summed E-state index contributed by atoms with van der Waals surface area (Å²) in [6.07, 6.45) is 9.95. The van der Waals surface area contributed by atoms with E-state index in [1.807, 2.05) is 0 Å². The Bertz CT molecular complexity index is 253. The fourth-order valence-corrected chi connectivity index (χ4v) is 3.85. The quantitative estimate of drug-likeness (QED) is 0.794. The third-order valence-corrected chi connectivity index (χ3v) is 5.23. The van der Waals surface area contributed by atoms with Crippen molar-refractivity contribution in [3.8, 4) is 0 Å². The number of hydrogen-bond acceptors (Lipinski definition) is 2. The van der Waals surface area contributed by atoms with E-state index in [2.05, 4.69) is 11.8 Å². The molecule has 2 N–H and O–H groups in total. The van der Waals surface area contributed by atoms with Crippen LogP contribution in [0.2, 0.25) is 0 Å². The summed E-state index contributed by atoms with van der Waals surface area (Å²) >= 11 is 0. The summed E-state index contributed by atoms with van der Waals surface area (Å²) in [6, 6.07) is 0.870. The van der Waals surface area contributed by atoms with Crippen molar-refractivity contribution in [3.05, 3.63) is 0 Å². The summed E-state index contributed by atoms with van der Waals surface area (Å²) in [5.41, 5.74) is 6.65. The van der Waals surface area contributed by atoms with E-state index in [-0.39, 0.29) is 5.54 Å². The number of likely N-dealkylation sites (tertiary alicyclic amines) is 1. The van der Waals surface area contributed by atoms with Gasteiger partial charge in [-0.05, 0) is 37.5 Å². The lowest BCUT2D eigenvalue weighted by Crippen LogP contribution is -2.71. The summed E-state index contributed by atoms with van der Waals surface area (Å²) < 4.78 is 0. The summed E-state index contributed by atoms with van der Waals surface area (Å²) in [7, 11) is 0. The minimum absolute atomic E-state index is 0.221. The zero-order valence-electron chi connectivity index (χ0n) is 10.6. The predicted octanol–water partition coefficient (Wildman–Crippen LogP) is 2.38. The Kier molecular flexibility index (Phi) is 2.75. The maximum atomic E-state index is 6.43. The molecule has 0 aromatic carbocycles. The van der Waals surface area contributed by atoms with Crippen LogP contribution in [0.4, 0.5) is 0 Å². The molecule has 3 rings (SSSR count). The molecule has 0 amide bonds.